The van der Waals surface area contributed by atoms with Crippen LogP contribution in [0.1, 0.15) is 6.42 Å². The van der Waals surface area contributed by atoms with Crippen molar-refractivity contribution in [3.8, 4) is 0 Å². The van der Waals surface area contributed by atoms with E-state index < -0.39 is 0 Å². The highest BCUT2D eigenvalue weighted by Crippen LogP contribution is 2.12. The number of dihydropyridines is 1. The standard InChI is InChI=1S/C9H11NO3/c11-6-7-2-1-3-8(10-7)9-12-4-5-13-9/h1,3,6-7,9H,2,4-5H2. The molecule has 4 nitrogen and oxygen atoms in total. The Balaban J connectivity index is 2.08. The molecule has 0 amide bonds. The van der Waals surface area contributed by atoms with Gasteiger partial charge in [-0.15, -0.1) is 0 Å². The third-order valence-electron chi connectivity index (χ3n) is 2.00. The fourth-order valence-corrected chi connectivity index (χ4v) is 1.37. The van der Waals surface area contributed by atoms with E-state index in [1.54, 1.807) is 0 Å². The van der Waals surface area contributed by atoms with Crippen molar-refractivity contribution in [3.63, 3.8) is 0 Å². The highest BCUT2D eigenvalue weighted by atomic mass is 16.7. The predicted molar refractivity (Wildman–Crippen MR) is 46.7 cm³/mol. The van der Waals surface area contributed by atoms with Crippen molar-refractivity contribution in [2.75, 3.05) is 13.2 Å². The van der Waals surface area contributed by atoms with Crippen LogP contribution in [0.5, 0.6) is 0 Å². The summed E-state index contributed by atoms with van der Waals surface area (Å²) in [5, 5.41) is 0. The lowest BCUT2D eigenvalue weighted by molar-refractivity contribution is -0.108. The molecule has 70 valence electrons. The molecule has 1 atom stereocenters. The van der Waals surface area contributed by atoms with Gasteiger partial charge in [-0.25, -0.2) is 0 Å². The minimum atomic E-state index is -0.362. The van der Waals surface area contributed by atoms with E-state index in [0.29, 0.717) is 19.6 Å². The van der Waals surface area contributed by atoms with E-state index in [9.17, 15) is 4.79 Å². The van der Waals surface area contributed by atoms with Crippen LogP contribution in [0, 0.1) is 0 Å². The maximum absolute atomic E-state index is 10.5. The van der Waals surface area contributed by atoms with Crippen LogP contribution in [-0.2, 0) is 14.3 Å². The minimum Gasteiger partial charge on any atom is -0.345 e. The Labute approximate surface area is 76.2 Å². The summed E-state index contributed by atoms with van der Waals surface area (Å²) in [5.41, 5.74) is 0.723. The monoisotopic (exact) mass is 181 g/mol. The van der Waals surface area contributed by atoms with Crippen molar-refractivity contribution in [1.82, 2.24) is 0 Å². The van der Waals surface area contributed by atoms with Crippen molar-refractivity contribution in [2.24, 2.45) is 4.99 Å². The first-order valence-corrected chi connectivity index (χ1v) is 4.33. The molecule has 0 aliphatic carbocycles. The van der Waals surface area contributed by atoms with Gasteiger partial charge in [-0.3, -0.25) is 4.99 Å². The number of hydrogen-bond donors (Lipinski definition) is 0. The average Bonchev–Trinajstić information content (AvgIpc) is 2.71. The molecule has 13 heavy (non-hydrogen) atoms. The second-order valence-electron chi connectivity index (χ2n) is 2.97. The Kier molecular flexibility index (Phi) is 2.52. The molecule has 0 saturated carbocycles. The van der Waals surface area contributed by atoms with Crippen molar-refractivity contribution in [1.29, 1.82) is 0 Å². The molecule has 0 radical (unpaired) electrons. The average molecular weight is 181 g/mol. The van der Waals surface area contributed by atoms with E-state index in [1.165, 1.54) is 0 Å². The summed E-state index contributed by atoms with van der Waals surface area (Å²) in [5.74, 6) is 0. The van der Waals surface area contributed by atoms with Gasteiger partial charge in [0.15, 0.2) is 0 Å². The second-order valence-corrected chi connectivity index (χ2v) is 2.97. The van der Waals surface area contributed by atoms with Crippen molar-refractivity contribution < 1.29 is 14.3 Å². The Morgan fingerprint density at radius 2 is 2.23 bits per heavy atom. The van der Waals surface area contributed by atoms with Gasteiger partial charge in [-0.05, 0) is 12.5 Å². The Hall–Kier alpha value is -1.00. The Morgan fingerprint density at radius 1 is 1.46 bits per heavy atom. The lowest BCUT2D eigenvalue weighted by Crippen LogP contribution is -2.24. The molecule has 1 fully saturated rings. The summed E-state index contributed by atoms with van der Waals surface area (Å²) >= 11 is 0. The van der Waals surface area contributed by atoms with Gasteiger partial charge >= 0.3 is 0 Å². The van der Waals surface area contributed by atoms with Gasteiger partial charge in [0, 0.05) is 0 Å². The summed E-state index contributed by atoms with van der Waals surface area (Å²) in [6, 6.07) is -0.257. The van der Waals surface area contributed by atoms with Gasteiger partial charge in [-0.2, -0.15) is 0 Å². The SMILES string of the molecule is O=CC1CC=CC(C2OCCO2)=N1. The topological polar surface area (TPSA) is 47.9 Å². The van der Waals surface area contributed by atoms with Gasteiger partial charge < -0.3 is 14.3 Å². The van der Waals surface area contributed by atoms with Crippen molar-refractivity contribution in [2.45, 2.75) is 18.8 Å². The number of carbonyl (C=O) groups is 1. The number of rotatable bonds is 2. The van der Waals surface area contributed by atoms with Gasteiger partial charge in [0.2, 0.25) is 6.29 Å². The van der Waals surface area contributed by atoms with E-state index in [1.807, 2.05) is 12.2 Å². The quantitative estimate of drug-likeness (QED) is 0.577. The summed E-state index contributed by atoms with van der Waals surface area (Å²) < 4.78 is 10.5. The molecular formula is C9H11NO3. The molecule has 4 heteroatoms. The second kappa shape index (κ2) is 3.81. The van der Waals surface area contributed by atoms with Crippen molar-refractivity contribution in [3.05, 3.63) is 12.2 Å². The zero-order valence-corrected chi connectivity index (χ0v) is 7.18. The molecule has 0 bridgehead atoms. The fourth-order valence-electron chi connectivity index (χ4n) is 1.37. The Bertz CT molecular complexity index is 254. The number of aldehydes is 1. The maximum Gasteiger partial charge on any atom is 0.200 e. The van der Waals surface area contributed by atoms with E-state index in [0.717, 1.165) is 12.0 Å². The number of aliphatic imine (C=N–C) groups is 1. The molecule has 0 spiro atoms. The summed E-state index contributed by atoms with van der Waals surface area (Å²) in [4.78, 5) is 14.7. The van der Waals surface area contributed by atoms with Crippen LogP contribution in [0.2, 0.25) is 0 Å². The van der Waals surface area contributed by atoms with Crippen molar-refractivity contribution >= 4 is 12.0 Å². The van der Waals surface area contributed by atoms with Crippen LogP contribution >= 0.6 is 0 Å². The molecule has 2 aliphatic rings. The normalized spacial score (nSPS) is 28.9. The van der Waals surface area contributed by atoms with Crippen LogP contribution in [0.15, 0.2) is 17.1 Å². The van der Waals surface area contributed by atoms with Crippen LogP contribution in [-0.4, -0.2) is 37.5 Å². The zero-order chi connectivity index (χ0) is 9.10. The summed E-state index contributed by atoms with van der Waals surface area (Å²) in [6.07, 6.45) is 4.94. The molecule has 1 unspecified atom stereocenters. The van der Waals surface area contributed by atoms with Gasteiger partial charge in [0.05, 0.1) is 18.9 Å². The molecule has 1 saturated heterocycles. The Morgan fingerprint density at radius 3 is 2.92 bits per heavy atom. The van der Waals surface area contributed by atoms with Crippen LogP contribution in [0.25, 0.3) is 0 Å². The number of hydrogen-bond acceptors (Lipinski definition) is 4. The number of ether oxygens (including phenoxy) is 2. The highest BCUT2D eigenvalue weighted by molar-refractivity contribution is 5.99. The fraction of sp³-hybridized carbons (Fsp3) is 0.556. The smallest absolute Gasteiger partial charge is 0.200 e. The molecule has 2 heterocycles. The third kappa shape index (κ3) is 1.84. The third-order valence-corrected chi connectivity index (χ3v) is 2.00. The molecule has 0 aromatic heterocycles. The summed E-state index contributed by atoms with van der Waals surface area (Å²) in [6.45, 7) is 1.20. The van der Waals surface area contributed by atoms with E-state index >= 15 is 0 Å². The molecule has 2 aliphatic heterocycles. The maximum atomic E-state index is 10.5. The van der Waals surface area contributed by atoms with Gasteiger partial charge in [0.1, 0.15) is 12.3 Å². The van der Waals surface area contributed by atoms with E-state index in [4.69, 9.17) is 9.47 Å². The first kappa shape index (κ1) is 8.59. The molecule has 0 N–H and O–H groups in total. The lowest BCUT2D eigenvalue weighted by atomic mass is 10.1. The molecule has 0 aromatic rings. The molecule has 2 rings (SSSR count). The zero-order valence-electron chi connectivity index (χ0n) is 7.18. The van der Waals surface area contributed by atoms with Crippen LogP contribution < -0.4 is 0 Å². The summed E-state index contributed by atoms with van der Waals surface area (Å²) in [7, 11) is 0. The lowest BCUT2D eigenvalue weighted by Gasteiger charge is -2.14. The van der Waals surface area contributed by atoms with Gasteiger partial charge in [0.25, 0.3) is 0 Å². The van der Waals surface area contributed by atoms with E-state index in [-0.39, 0.29) is 12.3 Å². The van der Waals surface area contributed by atoms with Crippen LogP contribution in [0.4, 0.5) is 0 Å². The first-order chi connectivity index (χ1) is 6.40. The minimum absolute atomic E-state index is 0.257. The number of nitrogens with zero attached hydrogens (tertiary/aromatic N) is 1. The van der Waals surface area contributed by atoms with Crippen LogP contribution in [0.3, 0.4) is 0 Å². The molecule has 0 aromatic carbocycles. The van der Waals surface area contributed by atoms with E-state index in [2.05, 4.69) is 4.99 Å². The van der Waals surface area contributed by atoms with Gasteiger partial charge in [-0.1, -0.05) is 6.08 Å². The predicted octanol–water partition coefficient (Wildman–Crippen LogP) is 0.328. The molecular weight excluding hydrogens is 170 g/mol. The highest BCUT2D eigenvalue weighted by Gasteiger charge is 2.23. The number of carbonyl (C=O) groups excluding carboxylic acids is 1. The largest absolute Gasteiger partial charge is 0.345 e. The first-order valence-electron chi connectivity index (χ1n) is 4.33.